The van der Waals surface area contributed by atoms with E-state index in [0.717, 1.165) is 0 Å². The summed E-state index contributed by atoms with van der Waals surface area (Å²) in [5.41, 5.74) is 0.0414. The standard InChI is InChI=1S/C21H23NO5/c1-21(2,3)19(24)16-17(13-7-5-8-14(11-13)26-4)22(20(25)18(16)23)12-15-9-6-10-27-15/h5-11,17,23H,12H2,1-4H3. The first-order valence-electron chi connectivity index (χ1n) is 8.69. The second-order valence-corrected chi connectivity index (χ2v) is 7.53. The van der Waals surface area contributed by atoms with E-state index in [4.69, 9.17) is 9.15 Å². The zero-order valence-electron chi connectivity index (χ0n) is 15.9. The van der Waals surface area contributed by atoms with Crippen LogP contribution in [0.1, 0.15) is 38.1 Å². The van der Waals surface area contributed by atoms with E-state index in [2.05, 4.69) is 0 Å². The summed E-state index contributed by atoms with van der Waals surface area (Å²) in [6.45, 7) is 5.42. The largest absolute Gasteiger partial charge is 0.503 e. The van der Waals surface area contributed by atoms with Gasteiger partial charge in [0.2, 0.25) is 0 Å². The molecule has 0 spiro atoms. The van der Waals surface area contributed by atoms with Crippen LogP contribution in [0.3, 0.4) is 0 Å². The molecule has 2 aromatic rings. The molecule has 0 fully saturated rings. The lowest BCUT2D eigenvalue weighted by molar-refractivity contribution is -0.130. The van der Waals surface area contributed by atoms with Gasteiger partial charge < -0.3 is 19.2 Å². The molecule has 0 saturated heterocycles. The van der Waals surface area contributed by atoms with E-state index in [1.165, 1.54) is 11.2 Å². The van der Waals surface area contributed by atoms with Gasteiger partial charge in [0.25, 0.3) is 5.91 Å². The van der Waals surface area contributed by atoms with Crippen LogP contribution in [0.15, 0.2) is 58.4 Å². The molecule has 0 saturated carbocycles. The van der Waals surface area contributed by atoms with Gasteiger partial charge in [-0.25, -0.2) is 0 Å². The van der Waals surface area contributed by atoms with Crippen LogP contribution >= 0.6 is 0 Å². The van der Waals surface area contributed by atoms with Crippen molar-refractivity contribution < 1.29 is 23.8 Å². The Hall–Kier alpha value is -3.02. The van der Waals surface area contributed by atoms with E-state index in [9.17, 15) is 14.7 Å². The number of furan rings is 1. The van der Waals surface area contributed by atoms with Gasteiger partial charge in [0.15, 0.2) is 11.5 Å². The fourth-order valence-electron chi connectivity index (χ4n) is 3.18. The van der Waals surface area contributed by atoms with E-state index in [-0.39, 0.29) is 17.9 Å². The Kier molecular flexibility index (Phi) is 4.83. The minimum absolute atomic E-state index is 0.104. The molecule has 0 bridgehead atoms. The van der Waals surface area contributed by atoms with E-state index in [1.807, 2.05) is 6.07 Å². The molecule has 6 nitrogen and oxygen atoms in total. The first-order valence-corrected chi connectivity index (χ1v) is 8.69. The van der Waals surface area contributed by atoms with Crippen LogP contribution in [0, 0.1) is 5.41 Å². The monoisotopic (exact) mass is 369 g/mol. The molecule has 1 amide bonds. The molecule has 1 aromatic heterocycles. The van der Waals surface area contributed by atoms with Crippen LogP contribution in [-0.2, 0) is 16.1 Å². The van der Waals surface area contributed by atoms with Crippen molar-refractivity contribution in [2.75, 3.05) is 7.11 Å². The summed E-state index contributed by atoms with van der Waals surface area (Å²) in [4.78, 5) is 27.3. The maximum absolute atomic E-state index is 13.1. The number of nitrogens with zero attached hydrogens (tertiary/aromatic N) is 1. The van der Waals surface area contributed by atoms with Gasteiger partial charge >= 0.3 is 0 Å². The fraction of sp³-hybridized carbons (Fsp3) is 0.333. The molecule has 1 unspecified atom stereocenters. The van der Waals surface area contributed by atoms with Gasteiger partial charge in [-0.3, -0.25) is 9.59 Å². The highest BCUT2D eigenvalue weighted by atomic mass is 16.5. The number of benzene rings is 1. The summed E-state index contributed by atoms with van der Waals surface area (Å²) in [5, 5.41) is 10.6. The number of hydrogen-bond donors (Lipinski definition) is 1. The fourth-order valence-corrected chi connectivity index (χ4v) is 3.18. The Morgan fingerprint density at radius 3 is 2.59 bits per heavy atom. The molecule has 142 valence electrons. The van der Waals surface area contributed by atoms with Crippen LogP contribution in [0.4, 0.5) is 0 Å². The summed E-state index contributed by atoms with van der Waals surface area (Å²) in [6.07, 6.45) is 1.52. The molecule has 1 aliphatic heterocycles. The molecule has 27 heavy (non-hydrogen) atoms. The number of aliphatic hydroxyl groups excluding tert-OH is 1. The molecule has 1 aliphatic rings. The maximum Gasteiger partial charge on any atom is 0.290 e. The molecule has 0 aliphatic carbocycles. The Labute approximate surface area is 158 Å². The predicted octanol–water partition coefficient (Wildman–Crippen LogP) is 3.80. The minimum atomic E-state index is -0.749. The van der Waals surface area contributed by atoms with Gasteiger partial charge in [-0.05, 0) is 29.8 Å². The molecule has 3 rings (SSSR count). The third-order valence-corrected chi connectivity index (χ3v) is 4.55. The second-order valence-electron chi connectivity index (χ2n) is 7.53. The Balaban J connectivity index is 2.12. The van der Waals surface area contributed by atoms with Crippen molar-refractivity contribution in [3.05, 3.63) is 65.3 Å². The highest BCUT2D eigenvalue weighted by Gasteiger charge is 2.46. The van der Waals surface area contributed by atoms with Gasteiger partial charge in [0.05, 0.1) is 31.5 Å². The van der Waals surface area contributed by atoms with Gasteiger partial charge in [0.1, 0.15) is 11.5 Å². The summed E-state index contributed by atoms with van der Waals surface area (Å²) in [5.74, 6) is -0.204. The lowest BCUT2D eigenvalue weighted by Gasteiger charge is -2.28. The average molecular weight is 369 g/mol. The minimum Gasteiger partial charge on any atom is -0.503 e. The zero-order chi connectivity index (χ0) is 19.8. The summed E-state index contributed by atoms with van der Waals surface area (Å²) >= 11 is 0. The van der Waals surface area contributed by atoms with Gasteiger partial charge in [-0.1, -0.05) is 32.9 Å². The lowest BCUT2D eigenvalue weighted by atomic mass is 9.82. The van der Waals surface area contributed by atoms with Gasteiger partial charge in [0, 0.05) is 5.41 Å². The molecular weight excluding hydrogens is 346 g/mol. The summed E-state index contributed by atoms with van der Waals surface area (Å²) in [6, 6.07) is 9.90. The van der Waals surface area contributed by atoms with Crippen molar-refractivity contribution in [2.24, 2.45) is 5.41 Å². The lowest BCUT2D eigenvalue weighted by Crippen LogP contribution is -2.32. The van der Waals surface area contributed by atoms with Crippen molar-refractivity contribution in [3.63, 3.8) is 0 Å². The second kappa shape index (κ2) is 6.95. The number of Topliss-reactive ketones (excluding diaryl/α,β-unsaturated/α-hetero) is 1. The third kappa shape index (κ3) is 3.47. The number of methoxy groups -OCH3 is 1. The maximum atomic E-state index is 13.1. The first kappa shape index (κ1) is 18.8. The van der Waals surface area contributed by atoms with E-state index >= 15 is 0 Å². The van der Waals surface area contributed by atoms with E-state index in [1.54, 1.807) is 58.2 Å². The van der Waals surface area contributed by atoms with Crippen LogP contribution < -0.4 is 4.74 Å². The smallest absolute Gasteiger partial charge is 0.290 e. The summed E-state index contributed by atoms with van der Waals surface area (Å²) < 4.78 is 10.7. The average Bonchev–Trinajstić information content (AvgIpc) is 3.22. The van der Waals surface area contributed by atoms with Crippen molar-refractivity contribution in [2.45, 2.75) is 33.4 Å². The van der Waals surface area contributed by atoms with Crippen LogP contribution in [0.5, 0.6) is 5.75 Å². The predicted molar refractivity (Wildman–Crippen MR) is 99.1 cm³/mol. The molecular formula is C21H23NO5. The van der Waals surface area contributed by atoms with Gasteiger partial charge in [-0.15, -0.1) is 0 Å². The molecule has 0 radical (unpaired) electrons. The van der Waals surface area contributed by atoms with Crippen molar-refractivity contribution in [1.82, 2.24) is 4.90 Å². The Morgan fingerprint density at radius 1 is 1.26 bits per heavy atom. The van der Waals surface area contributed by atoms with Crippen LogP contribution in [-0.4, -0.2) is 28.8 Å². The number of hydrogen-bond acceptors (Lipinski definition) is 5. The quantitative estimate of drug-likeness (QED) is 0.867. The highest BCUT2D eigenvalue weighted by Crippen LogP contribution is 2.42. The number of rotatable bonds is 5. The van der Waals surface area contributed by atoms with Crippen LogP contribution in [0.2, 0.25) is 0 Å². The molecule has 1 atom stereocenters. The van der Waals surface area contributed by atoms with E-state index < -0.39 is 23.1 Å². The number of ketones is 1. The number of ether oxygens (including phenoxy) is 1. The highest BCUT2D eigenvalue weighted by molar-refractivity contribution is 6.10. The summed E-state index contributed by atoms with van der Waals surface area (Å²) in [7, 11) is 1.55. The Bertz CT molecular complexity index is 890. The van der Waals surface area contributed by atoms with Crippen molar-refractivity contribution >= 4 is 11.7 Å². The Morgan fingerprint density at radius 2 is 2.00 bits per heavy atom. The molecule has 6 heteroatoms. The van der Waals surface area contributed by atoms with Crippen LogP contribution in [0.25, 0.3) is 0 Å². The molecule has 1 aromatic carbocycles. The molecule has 1 N–H and O–H groups in total. The third-order valence-electron chi connectivity index (χ3n) is 4.55. The zero-order valence-corrected chi connectivity index (χ0v) is 15.9. The number of carbonyl (C=O) groups is 2. The SMILES string of the molecule is COc1cccc(C2C(C(=O)C(C)(C)C)=C(O)C(=O)N2Cc2ccco2)c1. The molecule has 2 heterocycles. The first-order chi connectivity index (χ1) is 12.7. The number of aliphatic hydroxyl groups is 1. The number of amides is 1. The topological polar surface area (TPSA) is 80.0 Å². The van der Waals surface area contributed by atoms with E-state index in [0.29, 0.717) is 17.1 Å². The van der Waals surface area contributed by atoms with Crippen molar-refractivity contribution in [1.29, 1.82) is 0 Å². The van der Waals surface area contributed by atoms with Gasteiger partial charge in [-0.2, -0.15) is 0 Å². The normalized spacial score (nSPS) is 17.6. The number of carbonyl (C=O) groups excluding carboxylic acids is 2. The van der Waals surface area contributed by atoms with Crippen molar-refractivity contribution in [3.8, 4) is 5.75 Å².